The van der Waals surface area contributed by atoms with E-state index in [4.69, 9.17) is 5.73 Å². The summed E-state index contributed by atoms with van der Waals surface area (Å²) in [4.78, 5) is 15.2. The van der Waals surface area contributed by atoms with Gasteiger partial charge >= 0.3 is 0 Å². The molecule has 2 N–H and O–H groups in total. The lowest BCUT2D eigenvalue weighted by molar-refractivity contribution is -0.385. The first kappa shape index (κ1) is 14.2. The molecule has 0 aliphatic heterocycles. The first-order valence-corrected chi connectivity index (χ1v) is 7.02. The first-order valence-electron chi connectivity index (χ1n) is 7.02. The van der Waals surface area contributed by atoms with E-state index in [1.807, 2.05) is 31.2 Å². The van der Waals surface area contributed by atoms with Crippen LogP contribution in [0, 0.1) is 17.0 Å². The Morgan fingerprint density at radius 1 is 1.23 bits per heavy atom. The second-order valence-electron chi connectivity index (χ2n) is 5.18. The number of pyridine rings is 1. The summed E-state index contributed by atoms with van der Waals surface area (Å²) in [6.07, 6.45) is 2.14. The number of rotatable bonds is 4. The Hall–Kier alpha value is -2.73. The predicted octanol–water partition coefficient (Wildman–Crippen LogP) is 2.72. The monoisotopic (exact) mass is 296 g/mol. The van der Waals surface area contributed by atoms with Crippen molar-refractivity contribution in [1.82, 2.24) is 9.38 Å². The minimum absolute atomic E-state index is 0.0394. The van der Waals surface area contributed by atoms with Gasteiger partial charge in [0, 0.05) is 18.1 Å². The maximum Gasteiger partial charge on any atom is 0.286 e. The smallest absolute Gasteiger partial charge is 0.286 e. The second kappa shape index (κ2) is 5.57. The topological polar surface area (TPSA) is 86.5 Å². The Kier molecular flexibility index (Phi) is 3.60. The zero-order valence-electron chi connectivity index (χ0n) is 12.2. The van der Waals surface area contributed by atoms with Crippen LogP contribution in [0.15, 0.2) is 42.6 Å². The second-order valence-corrected chi connectivity index (χ2v) is 5.18. The van der Waals surface area contributed by atoms with Gasteiger partial charge in [0.15, 0.2) is 0 Å². The van der Waals surface area contributed by atoms with Gasteiger partial charge in [0.25, 0.3) is 5.69 Å². The molecule has 0 bridgehead atoms. The molecule has 2 heterocycles. The highest BCUT2D eigenvalue weighted by Crippen LogP contribution is 2.27. The number of fused-ring (bicyclic) bond motifs is 1. The van der Waals surface area contributed by atoms with Crippen LogP contribution in [0.1, 0.15) is 11.3 Å². The van der Waals surface area contributed by atoms with Crippen molar-refractivity contribution in [1.29, 1.82) is 0 Å². The van der Waals surface area contributed by atoms with Crippen molar-refractivity contribution in [2.45, 2.75) is 13.3 Å². The lowest BCUT2D eigenvalue weighted by atomic mass is 10.1. The SMILES string of the molecule is Cc1ccc(-c2c(CCN)nc3ccc([N+](=O)[O-])cn23)cc1. The van der Waals surface area contributed by atoms with Crippen LogP contribution in [0.25, 0.3) is 16.9 Å². The Bertz CT molecular complexity index is 837. The van der Waals surface area contributed by atoms with Crippen molar-refractivity contribution in [3.63, 3.8) is 0 Å². The van der Waals surface area contributed by atoms with Crippen molar-refractivity contribution in [2.75, 3.05) is 6.54 Å². The van der Waals surface area contributed by atoms with E-state index in [2.05, 4.69) is 4.98 Å². The molecule has 0 spiro atoms. The summed E-state index contributed by atoms with van der Waals surface area (Å²) >= 11 is 0. The maximum absolute atomic E-state index is 11.0. The fourth-order valence-electron chi connectivity index (χ4n) is 2.52. The predicted molar refractivity (Wildman–Crippen MR) is 84.8 cm³/mol. The molecule has 0 amide bonds. The van der Waals surface area contributed by atoms with Crippen molar-refractivity contribution in [3.05, 3.63) is 64.0 Å². The molecular formula is C16H16N4O2. The normalized spacial score (nSPS) is 11.0. The van der Waals surface area contributed by atoms with Crippen LogP contribution in [0.2, 0.25) is 0 Å². The van der Waals surface area contributed by atoms with E-state index in [0.29, 0.717) is 18.6 Å². The molecule has 0 saturated heterocycles. The molecule has 0 unspecified atom stereocenters. The third-order valence-electron chi connectivity index (χ3n) is 3.59. The lowest BCUT2D eigenvalue weighted by Gasteiger charge is -2.05. The molecule has 22 heavy (non-hydrogen) atoms. The summed E-state index contributed by atoms with van der Waals surface area (Å²) in [5.41, 5.74) is 10.2. The van der Waals surface area contributed by atoms with Crippen LogP contribution < -0.4 is 5.73 Å². The standard InChI is InChI=1S/C16H16N4O2/c1-11-2-4-12(5-3-11)16-14(8-9-17)18-15-7-6-13(20(21)22)10-19(15)16/h2-7,10H,8-9,17H2,1H3. The molecule has 1 aromatic carbocycles. The number of hydrogen-bond acceptors (Lipinski definition) is 4. The summed E-state index contributed by atoms with van der Waals surface area (Å²) in [6.45, 7) is 2.49. The van der Waals surface area contributed by atoms with E-state index in [0.717, 1.165) is 22.5 Å². The first-order chi connectivity index (χ1) is 10.6. The van der Waals surface area contributed by atoms with Gasteiger partial charge in [0.05, 0.1) is 22.5 Å². The van der Waals surface area contributed by atoms with Gasteiger partial charge in [0.2, 0.25) is 0 Å². The average molecular weight is 296 g/mol. The molecule has 2 aromatic heterocycles. The Balaban J connectivity index is 2.27. The van der Waals surface area contributed by atoms with E-state index in [9.17, 15) is 10.1 Å². The summed E-state index contributed by atoms with van der Waals surface area (Å²) in [7, 11) is 0. The van der Waals surface area contributed by atoms with Crippen molar-refractivity contribution < 1.29 is 4.92 Å². The highest BCUT2D eigenvalue weighted by molar-refractivity contribution is 5.68. The number of imidazole rings is 1. The molecular weight excluding hydrogens is 280 g/mol. The van der Waals surface area contributed by atoms with E-state index in [1.165, 1.54) is 12.3 Å². The minimum atomic E-state index is -0.402. The number of benzene rings is 1. The molecule has 0 atom stereocenters. The summed E-state index contributed by atoms with van der Waals surface area (Å²) in [5, 5.41) is 11.0. The molecule has 3 rings (SSSR count). The van der Waals surface area contributed by atoms with Gasteiger partial charge < -0.3 is 5.73 Å². The molecule has 112 valence electrons. The number of aromatic nitrogens is 2. The molecule has 6 nitrogen and oxygen atoms in total. The number of hydrogen-bond donors (Lipinski definition) is 1. The van der Waals surface area contributed by atoms with Crippen LogP contribution in [0.5, 0.6) is 0 Å². The van der Waals surface area contributed by atoms with E-state index in [-0.39, 0.29) is 5.69 Å². The third-order valence-corrected chi connectivity index (χ3v) is 3.59. The molecule has 3 aromatic rings. The van der Waals surface area contributed by atoms with Crippen LogP contribution in [-0.4, -0.2) is 20.9 Å². The van der Waals surface area contributed by atoms with E-state index >= 15 is 0 Å². The fourth-order valence-corrected chi connectivity index (χ4v) is 2.52. The average Bonchev–Trinajstić information content (AvgIpc) is 2.85. The quantitative estimate of drug-likeness (QED) is 0.592. The molecule has 0 aliphatic rings. The van der Waals surface area contributed by atoms with E-state index in [1.54, 1.807) is 10.5 Å². The molecule has 0 saturated carbocycles. The highest BCUT2D eigenvalue weighted by Gasteiger charge is 2.16. The van der Waals surface area contributed by atoms with Crippen LogP contribution in [0.3, 0.4) is 0 Å². The zero-order valence-corrected chi connectivity index (χ0v) is 12.2. The number of nitrogens with two attached hydrogens (primary N) is 1. The molecule has 0 aliphatic carbocycles. The molecule has 6 heteroatoms. The van der Waals surface area contributed by atoms with Gasteiger partial charge in [-0.2, -0.15) is 0 Å². The van der Waals surface area contributed by atoms with Crippen LogP contribution in [0.4, 0.5) is 5.69 Å². The van der Waals surface area contributed by atoms with Gasteiger partial charge in [-0.25, -0.2) is 4.98 Å². The summed E-state index contributed by atoms with van der Waals surface area (Å²) < 4.78 is 1.77. The van der Waals surface area contributed by atoms with Crippen LogP contribution >= 0.6 is 0 Å². The number of nitro groups is 1. The van der Waals surface area contributed by atoms with Crippen LogP contribution in [-0.2, 0) is 6.42 Å². The minimum Gasteiger partial charge on any atom is -0.330 e. The lowest BCUT2D eigenvalue weighted by Crippen LogP contribution is -2.04. The third kappa shape index (κ3) is 2.44. The van der Waals surface area contributed by atoms with Gasteiger partial charge in [0.1, 0.15) is 5.65 Å². The fraction of sp³-hybridized carbons (Fsp3) is 0.188. The summed E-state index contributed by atoms with van der Waals surface area (Å²) in [5.74, 6) is 0. The molecule has 0 fully saturated rings. The van der Waals surface area contributed by atoms with Gasteiger partial charge in [-0.1, -0.05) is 29.8 Å². The highest BCUT2D eigenvalue weighted by atomic mass is 16.6. The van der Waals surface area contributed by atoms with Crippen molar-refractivity contribution in [3.8, 4) is 11.3 Å². The van der Waals surface area contributed by atoms with Crippen molar-refractivity contribution in [2.24, 2.45) is 5.73 Å². The van der Waals surface area contributed by atoms with Crippen molar-refractivity contribution >= 4 is 11.3 Å². The number of nitrogens with zero attached hydrogens (tertiary/aromatic N) is 3. The van der Waals surface area contributed by atoms with Gasteiger partial charge in [-0.15, -0.1) is 0 Å². The molecule has 0 radical (unpaired) electrons. The Labute approximate surface area is 127 Å². The maximum atomic E-state index is 11.0. The Morgan fingerprint density at radius 3 is 2.59 bits per heavy atom. The van der Waals surface area contributed by atoms with E-state index < -0.39 is 4.92 Å². The Morgan fingerprint density at radius 2 is 1.95 bits per heavy atom. The zero-order chi connectivity index (χ0) is 15.7. The number of aryl methyl sites for hydroxylation is 1. The van der Waals surface area contributed by atoms with Gasteiger partial charge in [-0.05, 0) is 19.5 Å². The summed E-state index contributed by atoms with van der Waals surface area (Å²) in [6, 6.07) is 11.1. The van der Waals surface area contributed by atoms with Gasteiger partial charge in [-0.3, -0.25) is 14.5 Å². The largest absolute Gasteiger partial charge is 0.330 e.